The Bertz CT molecular complexity index is 429. The zero-order valence-corrected chi connectivity index (χ0v) is 10.2. The quantitative estimate of drug-likeness (QED) is 0.767. The van der Waals surface area contributed by atoms with Crippen molar-refractivity contribution < 1.29 is 19.4 Å². The number of nitrogens with two attached hydrogens (primary N) is 1. The molecule has 1 rings (SSSR count). The third-order valence-electron chi connectivity index (χ3n) is 2.54. The first-order chi connectivity index (χ1) is 8.06. The second-order valence-corrected chi connectivity index (χ2v) is 3.61. The molecule has 0 fully saturated rings. The highest BCUT2D eigenvalue weighted by Gasteiger charge is 2.20. The molecule has 5 nitrogen and oxygen atoms in total. The molecule has 94 valence electrons. The van der Waals surface area contributed by atoms with E-state index in [0.717, 1.165) is 12.0 Å². The lowest BCUT2D eigenvalue weighted by molar-refractivity contribution is 0.0693. The molecule has 0 aliphatic heterocycles. The minimum atomic E-state index is -1.09. The Balaban J connectivity index is 3.48. The highest BCUT2D eigenvalue weighted by Crippen LogP contribution is 2.37. The van der Waals surface area contributed by atoms with E-state index in [4.69, 9.17) is 20.3 Å². The number of nitrogen functional groups attached to an aromatic ring is 1. The Labute approximate surface area is 100 Å². The molecule has 0 saturated heterocycles. The maximum atomic E-state index is 11.1. The van der Waals surface area contributed by atoms with E-state index in [1.54, 1.807) is 0 Å². The summed E-state index contributed by atoms with van der Waals surface area (Å²) in [6, 6.07) is 1.45. The molecule has 5 heteroatoms. The molecule has 17 heavy (non-hydrogen) atoms. The number of carboxylic acids is 1. The van der Waals surface area contributed by atoms with Crippen LogP contribution < -0.4 is 15.2 Å². The number of carbonyl (C=O) groups is 1. The van der Waals surface area contributed by atoms with Crippen molar-refractivity contribution in [3.05, 3.63) is 17.2 Å². The molecule has 0 saturated carbocycles. The summed E-state index contributed by atoms with van der Waals surface area (Å²) in [6.45, 7) is 2.01. The largest absolute Gasteiger partial charge is 0.496 e. The van der Waals surface area contributed by atoms with Crippen LogP contribution in [0.1, 0.15) is 29.3 Å². The lowest BCUT2D eigenvalue weighted by atomic mass is 10.0. The maximum Gasteiger partial charge on any atom is 0.339 e. The predicted octanol–water partition coefficient (Wildman–Crippen LogP) is 1.94. The molecule has 0 unspecified atom stereocenters. The average molecular weight is 239 g/mol. The minimum absolute atomic E-state index is 0.0155. The van der Waals surface area contributed by atoms with Gasteiger partial charge in [-0.25, -0.2) is 4.79 Å². The third kappa shape index (κ3) is 2.43. The molecule has 0 aliphatic rings. The van der Waals surface area contributed by atoms with Crippen molar-refractivity contribution in [1.82, 2.24) is 0 Å². The minimum Gasteiger partial charge on any atom is -0.496 e. The van der Waals surface area contributed by atoms with Crippen molar-refractivity contribution >= 4 is 11.7 Å². The standard InChI is InChI=1S/C12H17NO4/c1-4-5-7-9(16-2)6-8(12(14)15)11(17-3)10(7)13/h6H,4-5,13H2,1-3H3,(H,14,15). The van der Waals surface area contributed by atoms with Crippen molar-refractivity contribution in [1.29, 1.82) is 0 Å². The molecule has 0 bridgehead atoms. The van der Waals surface area contributed by atoms with Gasteiger partial charge in [-0.1, -0.05) is 13.3 Å². The predicted molar refractivity (Wildman–Crippen MR) is 64.9 cm³/mol. The van der Waals surface area contributed by atoms with Crippen LogP contribution in [-0.2, 0) is 6.42 Å². The van der Waals surface area contributed by atoms with Gasteiger partial charge in [-0.2, -0.15) is 0 Å². The number of methoxy groups -OCH3 is 2. The van der Waals surface area contributed by atoms with E-state index in [1.165, 1.54) is 20.3 Å². The number of hydrogen-bond acceptors (Lipinski definition) is 4. The van der Waals surface area contributed by atoms with Crippen molar-refractivity contribution in [2.75, 3.05) is 20.0 Å². The zero-order chi connectivity index (χ0) is 13.0. The summed E-state index contributed by atoms with van der Waals surface area (Å²) >= 11 is 0. The normalized spacial score (nSPS) is 10.1. The molecule has 0 aliphatic carbocycles. The van der Waals surface area contributed by atoms with Crippen LogP contribution in [0.5, 0.6) is 11.5 Å². The highest BCUT2D eigenvalue weighted by atomic mass is 16.5. The van der Waals surface area contributed by atoms with Crippen LogP contribution >= 0.6 is 0 Å². The lowest BCUT2D eigenvalue weighted by Gasteiger charge is -2.16. The molecule has 0 atom stereocenters. The summed E-state index contributed by atoms with van der Waals surface area (Å²) in [5.74, 6) is -0.404. The Kier molecular flexibility index (Phi) is 4.20. The number of ether oxygens (including phenoxy) is 2. The van der Waals surface area contributed by atoms with Gasteiger partial charge in [0.05, 0.1) is 19.9 Å². The monoisotopic (exact) mass is 239 g/mol. The zero-order valence-electron chi connectivity index (χ0n) is 10.2. The van der Waals surface area contributed by atoms with Crippen molar-refractivity contribution in [2.24, 2.45) is 0 Å². The number of rotatable bonds is 5. The number of aromatic carboxylic acids is 1. The fourth-order valence-electron chi connectivity index (χ4n) is 1.77. The van der Waals surface area contributed by atoms with Gasteiger partial charge in [-0.05, 0) is 12.5 Å². The van der Waals surface area contributed by atoms with Gasteiger partial charge in [0.15, 0.2) is 5.75 Å². The van der Waals surface area contributed by atoms with E-state index < -0.39 is 5.97 Å². The van der Waals surface area contributed by atoms with Gasteiger partial charge in [0, 0.05) is 5.56 Å². The van der Waals surface area contributed by atoms with Gasteiger partial charge in [-0.15, -0.1) is 0 Å². The second kappa shape index (κ2) is 5.43. The van der Waals surface area contributed by atoms with Crippen molar-refractivity contribution in [3.63, 3.8) is 0 Å². The Morgan fingerprint density at radius 2 is 2.06 bits per heavy atom. The molecular weight excluding hydrogens is 222 g/mol. The van der Waals surface area contributed by atoms with Crippen LogP contribution in [-0.4, -0.2) is 25.3 Å². The molecule has 0 radical (unpaired) electrons. The number of hydrogen-bond donors (Lipinski definition) is 2. The molecule has 0 amide bonds. The fourth-order valence-corrected chi connectivity index (χ4v) is 1.77. The van der Waals surface area contributed by atoms with E-state index in [9.17, 15) is 4.79 Å². The summed E-state index contributed by atoms with van der Waals surface area (Å²) in [5, 5.41) is 9.07. The van der Waals surface area contributed by atoms with Gasteiger partial charge in [0.25, 0.3) is 0 Å². The molecule has 3 N–H and O–H groups in total. The summed E-state index contributed by atoms with van der Waals surface area (Å²) < 4.78 is 10.2. The Morgan fingerprint density at radius 1 is 1.41 bits per heavy atom. The first kappa shape index (κ1) is 13.2. The molecular formula is C12H17NO4. The van der Waals surface area contributed by atoms with E-state index in [1.807, 2.05) is 6.92 Å². The van der Waals surface area contributed by atoms with Crippen LogP contribution in [0.15, 0.2) is 6.07 Å². The topological polar surface area (TPSA) is 81.8 Å². The number of anilines is 1. The SMILES string of the molecule is CCCc1c(OC)cc(C(=O)O)c(OC)c1N. The van der Waals surface area contributed by atoms with E-state index in [2.05, 4.69) is 0 Å². The van der Waals surface area contributed by atoms with Crippen LogP contribution in [0.4, 0.5) is 5.69 Å². The molecule has 0 heterocycles. The van der Waals surface area contributed by atoms with Crippen LogP contribution in [0.2, 0.25) is 0 Å². The molecule has 1 aromatic carbocycles. The maximum absolute atomic E-state index is 11.1. The van der Waals surface area contributed by atoms with Gasteiger partial charge in [0.1, 0.15) is 11.3 Å². The lowest BCUT2D eigenvalue weighted by Crippen LogP contribution is -2.08. The summed E-state index contributed by atoms with van der Waals surface area (Å²) in [7, 11) is 2.90. The number of carboxylic acid groups (broad SMARTS) is 1. The van der Waals surface area contributed by atoms with E-state index >= 15 is 0 Å². The second-order valence-electron chi connectivity index (χ2n) is 3.61. The average Bonchev–Trinajstić information content (AvgIpc) is 2.31. The number of benzene rings is 1. The molecule has 0 aromatic heterocycles. The fraction of sp³-hybridized carbons (Fsp3) is 0.417. The Morgan fingerprint density at radius 3 is 2.47 bits per heavy atom. The van der Waals surface area contributed by atoms with Gasteiger partial charge in [-0.3, -0.25) is 0 Å². The first-order valence-electron chi connectivity index (χ1n) is 5.33. The first-order valence-corrected chi connectivity index (χ1v) is 5.33. The van der Waals surface area contributed by atoms with Crippen molar-refractivity contribution in [3.8, 4) is 11.5 Å². The van der Waals surface area contributed by atoms with Gasteiger partial charge >= 0.3 is 5.97 Å². The van der Waals surface area contributed by atoms with Gasteiger partial charge in [0.2, 0.25) is 0 Å². The van der Waals surface area contributed by atoms with Gasteiger partial charge < -0.3 is 20.3 Å². The van der Waals surface area contributed by atoms with E-state index in [0.29, 0.717) is 17.9 Å². The smallest absolute Gasteiger partial charge is 0.339 e. The van der Waals surface area contributed by atoms with Crippen LogP contribution in [0.25, 0.3) is 0 Å². The Hall–Kier alpha value is -1.91. The molecule has 0 spiro atoms. The van der Waals surface area contributed by atoms with Crippen LogP contribution in [0, 0.1) is 0 Å². The summed E-state index contributed by atoms with van der Waals surface area (Å²) in [5.41, 5.74) is 7.07. The van der Waals surface area contributed by atoms with Crippen molar-refractivity contribution in [2.45, 2.75) is 19.8 Å². The third-order valence-corrected chi connectivity index (χ3v) is 2.54. The summed E-state index contributed by atoms with van der Waals surface area (Å²) in [6.07, 6.45) is 1.60. The summed E-state index contributed by atoms with van der Waals surface area (Å²) in [4.78, 5) is 11.1. The molecule has 1 aromatic rings. The van der Waals surface area contributed by atoms with Crippen LogP contribution in [0.3, 0.4) is 0 Å². The highest BCUT2D eigenvalue weighted by molar-refractivity contribution is 5.94. The van der Waals surface area contributed by atoms with E-state index in [-0.39, 0.29) is 11.3 Å².